The van der Waals surface area contributed by atoms with E-state index in [0.717, 1.165) is 4.90 Å². The minimum Gasteiger partial charge on any atom is -0.318 e. The third-order valence-electron chi connectivity index (χ3n) is 2.22. The molecule has 0 N–H and O–H groups in total. The van der Waals surface area contributed by atoms with Gasteiger partial charge in [-0.15, -0.1) is 0 Å². The first-order valence-corrected chi connectivity index (χ1v) is 4.43. The number of benzene rings is 1. The lowest BCUT2D eigenvalue weighted by Gasteiger charge is -2.13. The Hall–Kier alpha value is -1.91. The summed E-state index contributed by atoms with van der Waals surface area (Å²) in [5.41, 5.74) is 0.399. The minimum atomic E-state index is -0.397. The van der Waals surface area contributed by atoms with Crippen molar-refractivity contribution in [2.24, 2.45) is 0 Å². The van der Waals surface area contributed by atoms with Crippen LogP contribution in [-0.2, 0) is 4.79 Å². The summed E-state index contributed by atoms with van der Waals surface area (Å²) in [6, 6.07) is 4.86. The molecule has 1 saturated heterocycles. The highest BCUT2D eigenvalue weighted by atomic mass is 19.1. The fraction of sp³-hybridized carbons (Fsp3) is 0.200. The molecule has 0 spiro atoms. The molecule has 1 heterocycles. The van der Waals surface area contributed by atoms with E-state index in [1.807, 2.05) is 0 Å². The van der Waals surface area contributed by atoms with Gasteiger partial charge >= 0.3 is 6.03 Å². The number of carbonyl (C=O) groups is 2. The van der Waals surface area contributed by atoms with Crippen molar-refractivity contribution in [3.8, 4) is 0 Å². The molecule has 0 unspecified atom stereocenters. The van der Waals surface area contributed by atoms with Crippen LogP contribution in [0, 0.1) is 5.82 Å². The van der Waals surface area contributed by atoms with Crippen LogP contribution in [0.15, 0.2) is 24.3 Å². The molecule has 0 aliphatic carbocycles. The van der Waals surface area contributed by atoms with Crippen molar-refractivity contribution in [2.75, 3.05) is 18.5 Å². The van der Waals surface area contributed by atoms with Gasteiger partial charge in [0.15, 0.2) is 0 Å². The Morgan fingerprint density at radius 1 is 1.20 bits per heavy atom. The molecule has 1 fully saturated rings. The number of likely N-dealkylation sites (N-methyl/N-ethyl adjacent to an activating group) is 1. The maximum Gasteiger partial charge on any atom is 0.331 e. The summed E-state index contributed by atoms with van der Waals surface area (Å²) in [7, 11) is 1.55. The fourth-order valence-corrected chi connectivity index (χ4v) is 1.46. The van der Waals surface area contributed by atoms with Crippen molar-refractivity contribution >= 4 is 17.6 Å². The third-order valence-corrected chi connectivity index (χ3v) is 2.22. The molecule has 0 saturated carbocycles. The second-order valence-electron chi connectivity index (χ2n) is 3.34. The highest BCUT2D eigenvalue weighted by molar-refractivity contribution is 6.19. The Morgan fingerprint density at radius 3 is 2.27 bits per heavy atom. The van der Waals surface area contributed by atoms with Gasteiger partial charge in [0.2, 0.25) is 0 Å². The van der Waals surface area contributed by atoms with Crippen LogP contribution < -0.4 is 4.90 Å². The average Bonchev–Trinajstić information content (AvgIpc) is 2.44. The van der Waals surface area contributed by atoms with Crippen molar-refractivity contribution in [3.63, 3.8) is 0 Å². The van der Waals surface area contributed by atoms with Gasteiger partial charge in [0.05, 0.1) is 5.69 Å². The van der Waals surface area contributed by atoms with Crippen LogP contribution in [0.2, 0.25) is 0 Å². The van der Waals surface area contributed by atoms with Gasteiger partial charge in [-0.3, -0.25) is 4.79 Å². The second-order valence-corrected chi connectivity index (χ2v) is 3.34. The summed E-state index contributed by atoms with van der Waals surface area (Å²) >= 11 is 0. The summed E-state index contributed by atoms with van der Waals surface area (Å²) < 4.78 is 12.6. The van der Waals surface area contributed by atoms with E-state index in [4.69, 9.17) is 0 Å². The number of amides is 3. The number of halogens is 1. The van der Waals surface area contributed by atoms with Crippen LogP contribution in [0.4, 0.5) is 14.9 Å². The Labute approximate surface area is 85.9 Å². The Kier molecular flexibility index (Phi) is 2.15. The van der Waals surface area contributed by atoms with Crippen molar-refractivity contribution in [2.45, 2.75) is 0 Å². The number of imide groups is 1. The van der Waals surface area contributed by atoms with Crippen LogP contribution >= 0.6 is 0 Å². The summed E-state index contributed by atoms with van der Waals surface area (Å²) in [5, 5.41) is 0. The average molecular weight is 208 g/mol. The molecule has 1 aliphatic rings. The third kappa shape index (κ3) is 1.56. The molecule has 0 aromatic heterocycles. The number of anilines is 1. The maximum absolute atomic E-state index is 12.6. The zero-order valence-corrected chi connectivity index (χ0v) is 8.11. The first-order valence-electron chi connectivity index (χ1n) is 4.43. The van der Waals surface area contributed by atoms with E-state index in [0.29, 0.717) is 5.69 Å². The quantitative estimate of drug-likeness (QED) is 0.651. The highest BCUT2D eigenvalue weighted by Crippen LogP contribution is 2.20. The Morgan fingerprint density at radius 2 is 1.80 bits per heavy atom. The van der Waals surface area contributed by atoms with Gasteiger partial charge in [-0.25, -0.2) is 14.1 Å². The van der Waals surface area contributed by atoms with Crippen LogP contribution in [0.25, 0.3) is 0 Å². The van der Waals surface area contributed by atoms with Crippen molar-refractivity contribution < 1.29 is 14.0 Å². The molecular formula is C10H9FN2O2. The zero-order valence-electron chi connectivity index (χ0n) is 8.11. The second kappa shape index (κ2) is 3.34. The van der Waals surface area contributed by atoms with E-state index in [-0.39, 0.29) is 18.5 Å². The lowest BCUT2D eigenvalue weighted by atomic mass is 10.3. The smallest absolute Gasteiger partial charge is 0.318 e. The number of hydrogen-bond acceptors (Lipinski definition) is 2. The SMILES string of the molecule is CN1CC(=O)N(c2ccc(F)cc2)C1=O. The van der Waals surface area contributed by atoms with Gasteiger partial charge < -0.3 is 4.90 Å². The molecule has 0 radical (unpaired) electrons. The maximum atomic E-state index is 12.6. The molecule has 0 atom stereocenters. The standard InChI is InChI=1S/C10H9FN2O2/c1-12-6-9(14)13(10(12)15)8-4-2-7(11)3-5-8/h2-5H,6H2,1H3. The van der Waals surface area contributed by atoms with E-state index in [1.54, 1.807) is 7.05 Å². The molecule has 1 aromatic rings. The molecule has 0 bridgehead atoms. The molecule has 3 amide bonds. The number of nitrogens with zero attached hydrogens (tertiary/aromatic N) is 2. The van der Waals surface area contributed by atoms with E-state index < -0.39 is 5.82 Å². The number of carbonyl (C=O) groups excluding carboxylic acids is 2. The Balaban J connectivity index is 2.35. The van der Waals surface area contributed by atoms with Crippen LogP contribution in [0.5, 0.6) is 0 Å². The molecule has 15 heavy (non-hydrogen) atoms. The molecular weight excluding hydrogens is 199 g/mol. The molecule has 1 aromatic carbocycles. The molecule has 4 nitrogen and oxygen atoms in total. The van der Waals surface area contributed by atoms with Crippen LogP contribution in [0.3, 0.4) is 0 Å². The van der Waals surface area contributed by atoms with Crippen molar-refractivity contribution in [3.05, 3.63) is 30.1 Å². The number of rotatable bonds is 1. The molecule has 78 valence electrons. The van der Waals surface area contributed by atoms with Crippen molar-refractivity contribution in [1.29, 1.82) is 0 Å². The molecule has 2 rings (SSSR count). The van der Waals surface area contributed by atoms with Gasteiger partial charge in [0, 0.05) is 7.05 Å². The minimum absolute atomic E-state index is 0.0657. The van der Waals surface area contributed by atoms with Crippen LogP contribution in [-0.4, -0.2) is 30.4 Å². The van der Waals surface area contributed by atoms with Gasteiger partial charge in [0.25, 0.3) is 5.91 Å². The first-order chi connectivity index (χ1) is 7.09. The summed E-state index contributed by atoms with van der Waals surface area (Å²) in [5.74, 6) is -0.694. The molecule has 1 aliphatic heterocycles. The molecule has 5 heteroatoms. The largest absolute Gasteiger partial charge is 0.331 e. The topological polar surface area (TPSA) is 40.6 Å². The van der Waals surface area contributed by atoms with E-state index in [1.165, 1.54) is 29.2 Å². The Bertz CT molecular complexity index is 416. The summed E-state index contributed by atoms with van der Waals surface area (Å²) in [6.07, 6.45) is 0. The highest BCUT2D eigenvalue weighted by Gasteiger charge is 2.34. The predicted octanol–water partition coefficient (Wildman–Crippen LogP) is 1.22. The lowest BCUT2D eigenvalue weighted by molar-refractivity contribution is -0.116. The van der Waals surface area contributed by atoms with E-state index in [9.17, 15) is 14.0 Å². The van der Waals surface area contributed by atoms with Gasteiger partial charge in [0.1, 0.15) is 12.4 Å². The van der Waals surface area contributed by atoms with Gasteiger partial charge in [-0.1, -0.05) is 0 Å². The normalized spacial score (nSPS) is 16.4. The van der Waals surface area contributed by atoms with Gasteiger partial charge in [-0.05, 0) is 24.3 Å². The zero-order chi connectivity index (χ0) is 11.0. The van der Waals surface area contributed by atoms with Crippen molar-refractivity contribution in [1.82, 2.24) is 4.90 Å². The number of urea groups is 1. The predicted molar refractivity (Wildman–Crippen MR) is 51.9 cm³/mol. The number of hydrogen-bond donors (Lipinski definition) is 0. The lowest BCUT2D eigenvalue weighted by Crippen LogP contribution is -2.31. The summed E-state index contributed by atoms with van der Waals surface area (Å²) in [6.45, 7) is 0.0657. The first kappa shape index (κ1) is 9.64. The van der Waals surface area contributed by atoms with Gasteiger partial charge in [-0.2, -0.15) is 0 Å². The van der Waals surface area contributed by atoms with Crippen LogP contribution in [0.1, 0.15) is 0 Å². The fourth-order valence-electron chi connectivity index (χ4n) is 1.46. The van der Waals surface area contributed by atoms with E-state index >= 15 is 0 Å². The summed E-state index contributed by atoms with van der Waals surface area (Å²) in [4.78, 5) is 25.3. The van der Waals surface area contributed by atoms with E-state index in [2.05, 4.69) is 0 Å². The monoisotopic (exact) mass is 208 g/mol.